The minimum atomic E-state index is 0.591. The van der Waals surface area contributed by atoms with E-state index in [1.165, 1.54) is 25.8 Å². The number of nitrogen functional groups attached to an aromatic ring is 1. The van der Waals surface area contributed by atoms with Crippen molar-refractivity contribution in [3.63, 3.8) is 0 Å². The van der Waals surface area contributed by atoms with E-state index >= 15 is 0 Å². The number of hydrogen-bond donors (Lipinski definition) is 2. The van der Waals surface area contributed by atoms with Crippen LogP contribution in [0.3, 0.4) is 0 Å². The molecule has 2 heterocycles. The third-order valence-electron chi connectivity index (χ3n) is 3.31. The average Bonchev–Trinajstić information content (AvgIpc) is 2.30. The Morgan fingerprint density at radius 2 is 2.41 bits per heavy atom. The van der Waals surface area contributed by atoms with Crippen LogP contribution in [0.2, 0.25) is 0 Å². The first-order valence-corrected chi connectivity index (χ1v) is 6.81. The fourth-order valence-corrected chi connectivity index (χ4v) is 2.57. The van der Waals surface area contributed by atoms with E-state index in [2.05, 4.69) is 38.2 Å². The summed E-state index contributed by atoms with van der Waals surface area (Å²) in [5.74, 6) is 0.784. The predicted molar refractivity (Wildman–Crippen MR) is 75.1 cm³/mol. The highest BCUT2D eigenvalue weighted by Gasteiger charge is 2.18. The van der Waals surface area contributed by atoms with Gasteiger partial charge in [-0.2, -0.15) is 0 Å². The number of likely N-dealkylation sites (N-methyl/N-ethyl adjacent to an activating group) is 1. The van der Waals surface area contributed by atoms with Crippen molar-refractivity contribution in [2.45, 2.75) is 25.3 Å². The van der Waals surface area contributed by atoms with Crippen LogP contribution in [0.4, 0.5) is 11.5 Å². The Labute approximate surface area is 111 Å². The van der Waals surface area contributed by atoms with Gasteiger partial charge in [0.05, 0.1) is 5.69 Å². The molecule has 1 aliphatic rings. The second-order valence-electron chi connectivity index (χ2n) is 4.60. The highest BCUT2D eigenvalue weighted by atomic mass is 79.9. The molecule has 1 aromatic rings. The third-order valence-corrected chi connectivity index (χ3v) is 3.74. The molecule has 0 bridgehead atoms. The maximum Gasteiger partial charge on any atom is 0.149 e. The van der Waals surface area contributed by atoms with Gasteiger partial charge in [0.25, 0.3) is 0 Å². The van der Waals surface area contributed by atoms with E-state index in [4.69, 9.17) is 5.73 Å². The summed E-state index contributed by atoms with van der Waals surface area (Å²) in [5.41, 5.74) is 6.60. The molecular weight excluding hydrogens is 280 g/mol. The number of likely N-dealkylation sites (tertiary alicyclic amines) is 1. The van der Waals surface area contributed by atoms with Gasteiger partial charge in [-0.15, -0.1) is 0 Å². The molecule has 0 amide bonds. The van der Waals surface area contributed by atoms with Gasteiger partial charge in [0.2, 0.25) is 0 Å². The molecule has 0 saturated carbocycles. The molecule has 0 aliphatic carbocycles. The quantitative estimate of drug-likeness (QED) is 0.899. The van der Waals surface area contributed by atoms with Crippen molar-refractivity contribution in [2.75, 3.05) is 31.2 Å². The highest BCUT2D eigenvalue weighted by molar-refractivity contribution is 9.10. The number of nitrogens with two attached hydrogens (primary N) is 1. The standard InChI is InChI=1S/C12H19BrN4/c1-17-5-3-2-4-10(17)8-16-12-11(14)6-9(13)7-15-12/h6-7,10H,2-5,8,14H2,1H3,(H,15,16). The molecule has 17 heavy (non-hydrogen) atoms. The minimum Gasteiger partial charge on any atom is -0.396 e. The molecule has 0 spiro atoms. The molecule has 1 unspecified atom stereocenters. The van der Waals surface area contributed by atoms with Crippen LogP contribution in [0.25, 0.3) is 0 Å². The average molecular weight is 299 g/mol. The number of rotatable bonds is 3. The van der Waals surface area contributed by atoms with Crippen LogP contribution in [0.5, 0.6) is 0 Å². The first-order valence-electron chi connectivity index (χ1n) is 6.02. The fraction of sp³-hybridized carbons (Fsp3) is 0.583. The third kappa shape index (κ3) is 3.33. The summed E-state index contributed by atoms with van der Waals surface area (Å²) in [6, 6.07) is 2.47. The lowest BCUT2D eigenvalue weighted by Crippen LogP contribution is -2.40. The molecule has 1 aliphatic heterocycles. The van der Waals surface area contributed by atoms with Crippen LogP contribution in [0, 0.1) is 0 Å². The normalized spacial score (nSPS) is 21.4. The summed E-state index contributed by atoms with van der Waals surface area (Å²) in [4.78, 5) is 6.69. The number of pyridine rings is 1. The number of anilines is 2. The summed E-state index contributed by atoms with van der Waals surface area (Å²) in [6.07, 6.45) is 5.65. The van der Waals surface area contributed by atoms with Crippen molar-refractivity contribution in [1.82, 2.24) is 9.88 Å². The Balaban J connectivity index is 1.92. The van der Waals surface area contributed by atoms with Crippen LogP contribution < -0.4 is 11.1 Å². The van der Waals surface area contributed by atoms with Crippen molar-refractivity contribution in [3.05, 3.63) is 16.7 Å². The molecule has 1 fully saturated rings. The van der Waals surface area contributed by atoms with Crippen molar-refractivity contribution < 1.29 is 0 Å². The summed E-state index contributed by atoms with van der Waals surface area (Å²) in [6.45, 7) is 2.10. The Hall–Kier alpha value is -0.810. The second-order valence-corrected chi connectivity index (χ2v) is 5.52. The number of piperidine rings is 1. The Morgan fingerprint density at radius 1 is 1.59 bits per heavy atom. The van der Waals surface area contributed by atoms with Crippen LogP contribution in [0.1, 0.15) is 19.3 Å². The molecule has 0 radical (unpaired) electrons. The number of halogens is 1. The van der Waals surface area contributed by atoms with Crippen LogP contribution in [0.15, 0.2) is 16.7 Å². The molecule has 1 aromatic heterocycles. The Kier molecular flexibility index (Phi) is 4.23. The first-order chi connectivity index (χ1) is 8.16. The first kappa shape index (κ1) is 12.6. The van der Waals surface area contributed by atoms with E-state index in [9.17, 15) is 0 Å². The van der Waals surface area contributed by atoms with E-state index in [0.717, 1.165) is 16.8 Å². The van der Waals surface area contributed by atoms with Gasteiger partial charge in [-0.05, 0) is 48.4 Å². The van der Waals surface area contributed by atoms with Gasteiger partial charge < -0.3 is 16.0 Å². The fourth-order valence-electron chi connectivity index (χ4n) is 2.22. The summed E-state index contributed by atoms with van der Waals surface area (Å²) >= 11 is 3.36. The number of aromatic nitrogens is 1. The summed E-state index contributed by atoms with van der Waals surface area (Å²) in [5, 5.41) is 3.34. The van der Waals surface area contributed by atoms with Gasteiger partial charge in [0.1, 0.15) is 5.82 Å². The molecule has 2 rings (SSSR count). The molecule has 94 valence electrons. The summed E-state index contributed by atoms with van der Waals surface area (Å²) in [7, 11) is 2.18. The van der Waals surface area contributed by atoms with E-state index < -0.39 is 0 Å². The van der Waals surface area contributed by atoms with Crippen molar-refractivity contribution >= 4 is 27.4 Å². The molecule has 0 aromatic carbocycles. The number of nitrogens with zero attached hydrogens (tertiary/aromatic N) is 2. The van der Waals surface area contributed by atoms with Crippen LogP contribution in [-0.2, 0) is 0 Å². The maximum absolute atomic E-state index is 5.90. The lowest BCUT2D eigenvalue weighted by atomic mass is 10.0. The van der Waals surface area contributed by atoms with E-state index in [0.29, 0.717) is 11.7 Å². The maximum atomic E-state index is 5.90. The zero-order valence-corrected chi connectivity index (χ0v) is 11.7. The Bertz CT molecular complexity index is 383. The Morgan fingerprint density at radius 3 is 3.12 bits per heavy atom. The molecule has 3 N–H and O–H groups in total. The zero-order valence-electron chi connectivity index (χ0n) is 10.1. The molecule has 5 heteroatoms. The van der Waals surface area contributed by atoms with E-state index in [-0.39, 0.29) is 0 Å². The molecule has 4 nitrogen and oxygen atoms in total. The van der Waals surface area contributed by atoms with Gasteiger partial charge in [0, 0.05) is 23.3 Å². The van der Waals surface area contributed by atoms with Crippen molar-refractivity contribution in [1.29, 1.82) is 0 Å². The van der Waals surface area contributed by atoms with Crippen LogP contribution >= 0.6 is 15.9 Å². The van der Waals surface area contributed by atoms with E-state index in [1.807, 2.05) is 6.07 Å². The second kappa shape index (κ2) is 5.69. The minimum absolute atomic E-state index is 0.591. The summed E-state index contributed by atoms with van der Waals surface area (Å²) < 4.78 is 0.912. The lowest BCUT2D eigenvalue weighted by Gasteiger charge is -2.32. The molecule has 1 atom stereocenters. The van der Waals surface area contributed by atoms with Gasteiger partial charge in [-0.3, -0.25) is 0 Å². The zero-order chi connectivity index (χ0) is 12.3. The van der Waals surface area contributed by atoms with Crippen molar-refractivity contribution in [3.8, 4) is 0 Å². The van der Waals surface area contributed by atoms with E-state index in [1.54, 1.807) is 6.20 Å². The predicted octanol–water partition coefficient (Wildman–Crippen LogP) is 2.32. The lowest BCUT2D eigenvalue weighted by molar-refractivity contribution is 0.194. The number of hydrogen-bond acceptors (Lipinski definition) is 4. The largest absolute Gasteiger partial charge is 0.396 e. The van der Waals surface area contributed by atoms with Gasteiger partial charge in [-0.25, -0.2) is 4.98 Å². The number of nitrogens with one attached hydrogen (secondary N) is 1. The molecule has 1 saturated heterocycles. The van der Waals surface area contributed by atoms with Crippen molar-refractivity contribution in [2.24, 2.45) is 0 Å². The van der Waals surface area contributed by atoms with Gasteiger partial charge in [0.15, 0.2) is 0 Å². The smallest absolute Gasteiger partial charge is 0.149 e. The SMILES string of the molecule is CN1CCCCC1CNc1ncc(Br)cc1N. The highest BCUT2D eigenvalue weighted by Crippen LogP contribution is 2.21. The molecular formula is C12H19BrN4. The monoisotopic (exact) mass is 298 g/mol. The topological polar surface area (TPSA) is 54.2 Å². The van der Waals surface area contributed by atoms with Gasteiger partial charge >= 0.3 is 0 Å². The van der Waals surface area contributed by atoms with Crippen LogP contribution in [-0.4, -0.2) is 36.1 Å². The van der Waals surface area contributed by atoms with Gasteiger partial charge in [-0.1, -0.05) is 6.42 Å².